The summed E-state index contributed by atoms with van der Waals surface area (Å²) in [6, 6.07) is 7.33. The molecule has 1 aromatic rings. The summed E-state index contributed by atoms with van der Waals surface area (Å²) in [6.45, 7) is 3.76. The SMILES string of the molecule is CCC(C)C(=O)NCC(=O)Nc1ccccc1Br. The summed E-state index contributed by atoms with van der Waals surface area (Å²) in [5.74, 6) is -0.403. The van der Waals surface area contributed by atoms with Gasteiger partial charge in [-0.05, 0) is 34.5 Å². The van der Waals surface area contributed by atoms with E-state index in [2.05, 4.69) is 26.6 Å². The molecule has 0 aliphatic carbocycles. The number of rotatable bonds is 5. The van der Waals surface area contributed by atoms with Crippen molar-refractivity contribution in [2.75, 3.05) is 11.9 Å². The first-order chi connectivity index (χ1) is 8.54. The molecule has 0 aliphatic heterocycles. The lowest BCUT2D eigenvalue weighted by Crippen LogP contribution is -2.35. The fourth-order valence-corrected chi connectivity index (χ4v) is 1.67. The molecule has 0 heterocycles. The Kier molecular flexibility index (Phi) is 5.85. The van der Waals surface area contributed by atoms with Crippen LogP contribution in [0.2, 0.25) is 0 Å². The standard InChI is InChI=1S/C13H17BrN2O2/c1-3-9(2)13(18)15-8-12(17)16-11-7-5-4-6-10(11)14/h4-7,9H,3,8H2,1-2H3,(H,15,18)(H,16,17). The van der Waals surface area contributed by atoms with Crippen LogP contribution in [0.5, 0.6) is 0 Å². The van der Waals surface area contributed by atoms with Crippen LogP contribution >= 0.6 is 15.9 Å². The number of nitrogens with one attached hydrogen (secondary N) is 2. The first-order valence-corrected chi connectivity index (χ1v) is 6.66. The van der Waals surface area contributed by atoms with Crippen molar-refractivity contribution in [1.82, 2.24) is 5.32 Å². The summed E-state index contributed by atoms with van der Waals surface area (Å²) in [6.07, 6.45) is 0.762. The summed E-state index contributed by atoms with van der Waals surface area (Å²) < 4.78 is 0.812. The van der Waals surface area contributed by atoms with E-state index in [4.69, 9.17) is 0 Å². The number of halogens is 1. The Labute approximate surface area is 115 Å². The first kappa shape index (κ1) is 14.7. The Morgan fingerprint density at radius 1 is 1.33 bits per heavy atom. The van der Waals surface area contributed by atoms with E-state index in [-0.39, 0.29) is 24.3 Å². The van der Waals surface area contributed by atoms with Gasteiger partial charge in [0.2, 0.25) is 11.8 Å². The van der Waals surface area contributed by atoms with E-state index in [1.807, 2.05) is 32.0 Å². The zero-order valence-electron chi connectivity index (χ0n) is 10.5. The molecule has 0 saturated heterocycles. The molecule has 0 aromatic heterocycles. The quantitative estimate of drug-likeness (QED) is 0.878. The largest absolute Gasteiger partial charge is 0.347 e. The lowest BCUT2D eigenvalue weighted by atomic mass is 10.1. The van der Waals surface area contributed by atoms with Crippen LogP contribution in [0.15, 0.2) is 28.7 Å². The molecule has 2 amide bonds. The highest BCUT2D eigenvalue weighted by Gasteiger charge is 2.12. The normalized spacial score (nSPS) is 11.7. The Morgan fingerprint density at radius 2 is 2.00 bits per heavy atom. The maximum atomic E-state index is 11.6. The molecule has 0 bridgehead atoms. The predicted molar refractivity (Wildman–Crippen MR) is 75.2 cm³/mol. The maximum absolute atomic E-state index is 11.6. The van der Waals surface area contributed by atoms with Crippen LogP contribution in [0.4, 0.5) is 5.69 Å². The zero-order chi connectivity index (χ0) is 13.5. The van der Waals surface area contributed by atoms with Gasteiger partial charge in [-0.15, -0.1) is 0 Å². The van der Waals surface area contributed by atoms with Gasteiger partial charge in [-0.1, -0.05) is 26.0 Å². The highest BCUT2D eigenvalue weighted by atomic mass is 79.9. The molecule has 0 fully saturated rings. The number of carbonyl (C=O) groups excluding carboxylic acids is 2. The van der Waals surface area contributed by atoms with Crippen molar-refractivity contribution in [3.05, 3.63) is 28.7 Å². The number of carbonyl (C=O) groups is 2. The van der Waals surface area contributed by atoms with Crippen molar-refractivity contribution in [2.24, 2.45) is 5.92 Å². The molecule has 0 radical (unpaired) electrons. The van der Waals surface area contributed by atoms with Gasteiger partial charge in [0.1, 0.15) is 0 Å². The van der Waals surface area contributed by atoms with Gasteiger partial charge in [-0.3, -0.25) is 9.59 Å². The number of hydrogen-bond acceptors (Lipinski definition) is 2. The topological polar surface area (TPSA) is 58.2 Å². The third-order valence-electron chi connectivity index (χ3n) is 2.63. The minimum atomic E-state index is -0.237. The molecule has 0 spiro atoms. The molecule has 0 aliphatic rings. The van der Waals surface area contributed by atoms with Crippen molar-refractivity contribution in [3.63, 3.8) is 0 Å². The van der Waals surface area contributed by atoms with Crippen molar-refractivity contribution in [3.8, 4) is 0 Å². The Balaban J connectivity index is 2.44. The van der Waals surface area contributed by atoms with E-state index in [0.717, 1.165) is 10.9 Å². The molecule has 1 rings (SSSR count). The van der Waals surface area contributed by atoms with Gasteiger partial charge in [0.15, 0.2) is 0 Å². The summed E-state index contributed by atoms with van der Waals surface area (Å²) in [4.78, 5) is 23.1. The van der Waals surface area contributed by atoms with Crippen LogP contribution in [0, 0.1) is 5.92 Å². The Bertz CT molecular complexity index is 435. The average Bonchev–Trinajstić information content (AvgIpc) is 2.37. The number of benzene rings is 1. The van der Waals surface area contributed by atoms with Crippen LogP contribution in [-0.2, 0) is 9.59 Å². The van der Waals surface area contributed by atoms with Crippen molar-refractivity contribution in [1.29, 1.82) is 0 Å². The monoisotopic (exact) mass is 312 g/mol. The third kappa shape index (κ3) is 4.49. The number of amides is 2. The molecule has 18 heavy (non-hydrogen) atoms. The molecular formula is C13H17BrN2O2. The van der Waals surface area contributed by atoms with Gasteiger partial charge in [-0.2, -0.15) is 0 Å². The van der Waals surface area contributed by atoms with E-state index >= 15 is 0 Å². The van der Waals surface area contributed by atoms with Gasteiger partial charge < -0.3 is 10.6 Å². The number of para-hydroxylation sites is 1. The zero-order valence-corrected chi connectivity index (χ0v) is 12.1. The lowest BCUT2D eigenvalue weighted by molar-refractivity contribution is -0.126. The maximum Gasteiger partial charge on any atom is 0.243 e. The lowest BCUT2D eigenvalue weighted by Gasteiger charge is -2.10. The molecule has 98 valence electrons. The molecule has 2 N–H and O–H groups in total. The number of hydrogen-bond donors (Lipinski definition) is 2. The second kappa shape index (κ2) is 7.16. The molecule has 1 aromatic carbocycles. The third-order valence-corrected chi connectivity index (χ3v) is 3.32. The van der Waals surface area contributed by atoms with Gasteiger partial charge in [-0.25, -0.2) is 0 Å². The van der Waals surface area contributed by atoms with Crippen LogP contribution in [0.1, 0.15) is 20.3 Å². The Morgan fingerprint density at radius 3 is 2.61 bits per heavy atom. The summed E-state index contributed by atoms with van der Waals surface area (Å²) >= 11 is 3.34. The first-order valence-electron chi connectivity index (χ1n) is 5.86. The predicted octanol–water partition coefficient (Wildman–Crippen LogP) is 2.55. The molecule has 0 saturated carbocycles. The van der Waals surface area contributed by atoms with Crippen molar-refractivity contribution in [2.45, 2.75) is 20.3 Å². The minimum absolute atomic E-state index is 0.00942. The molecule has 4 nitrogen and oxygen atoms in total. The van der Waals surface area contributed by atoms with Gasteiger partial charge in [0, 0.05) is 10.4 Å². The fraction of sp³-hybridized carbons (Fsp3) is 0.385. The van der Waals surface area contributed by atoms with Crippen LogP contribution < -0.4 is 10.6 Å². The van der Waals surface area contributed by atoms with E-state index in [0.29, 0.717) is 5.69 Å². The fourth-order valence-electron chi connectivity index (χ4n) is 1.28. The smallest absolute Gasteiger partial charge is 0.243 e. The van der Waals surface area contributed by atoms with E-state index < -0.39 is 0 Å². The molecule has 1 atom stereocenters. The second-order valence-corrected chi connectivity index (χ2v) is 4.91. The van der Waals surface area contributed by atoms with Gasteiger partial charge in [0.05, 0.1) is 12.2 Å². The summed E-state index contributed by atoms with van der Waals surface area (Å²) in [7, 11) is 0. The highest BCUT2D eigenvalue weighted by Crippen LogP contribution is 2.20. The van der Waals surface area contributed by atoms with E-state index in [1.165, 1.54) is 0 Å². The van der Waals surface area contributed by atoms with Crippen molar-refractivity contribution < 1.29 is 9.59 Å². The van der Waals surface area contributed by atoms with E-state index in [9.17, 15) is 9.59 Å². The van der Waals surface area contributed by atoms with Gasteiger partial charge in [0.25, 0.3) is 0 Å². The highest BCUT2D eigenvalue weighted by molar-refractivity contribution is 9.10. The van der Waals surface area contributed by atoms with Crippen LogP contribution in [0.25, 0.3) is 0 Å². The Hall–Kier alpha value is -1.36. The molecule has 5 heteroatoms. The van der Waals surface area contributed by atoms with Crippen molar-refractivity contribution >= 4 is 33.4 Å². The van der Waals surface area contributed by atoms with E-state index in [1.54, 1.807) is 6.07 Å². The molecular weight excluding hydrogens is 296 g/mol. The van der Waals surface area contributed by atoms with Crippen LogP contribution in [-0.4, -0.2) is 18.4 Å². The van der Waals surface area contributed by atoms with Gasteiger partial charge >= 0.3 is 0 Å². The minimum Gasteiger partial charge on any atom is -0.347 e. The number of anilines is 1. The second-order valence-electron chi connectivity index (χ2n) is 4.06. The summed E-state index contributed by atoms with van der Waals surface area (Å²) in [5.41, 5.74) is 0.695. The van der Waals surface area contributed by atoms with Crippen LogP contribution in [0.3, 0.4) is 0 Å². The summed E-state index contributed by atoms with van der Waals surface area (Å²) in [5, 5.41) is 5.33. The molecule has 1 unspecified atom stereocenters. The average molecular weight is 313 g/mol.